The van der Waals surface area contributed by atoms with Gasteiger partial charge in [-0.25, -0.2) is 9.37 Å². The van der Waals surface area contributed by atoms with Crippen molar-refractivity contribution in [3.8, 4) is 11.4 Å². The van der Waals surface area contributed by atoms with Gasteiger partial charge in [-0.15, -0.1) is 0 Å². The van der Waals surface area contributed by atoms with E-state index in [2.05, 4.69) is 9.97 Å². The van der Waals surface area contributed by atoms with Crippen molar-refractivity contribution in [3.05, 3.63) is 47.0 Å². The molecule has 0 N–H and O–H groups in total. The zero-order valence-electron chi connectivity index (χ0n) is 8.04. The van der Waals surface area contributed by atoms with E-state index in [1.807, 2.05) is 6.92 Å². The van der Waals surface area contributed by atoms with E-state index >= 15 is 0 Å². The molecule has 0 amide bonds. The number of hydrogen-bond acceptors (Lipinski definition) is 2. The predicted octanol–water partition coefficient (Wildman–Crippen LogP) is 3.24. The summed E-state index contributed by atoms with van der Waals surface area (Å²) in [4.78, 5) is 8.02. The highest BCUT2D eigenvalue weighted by molar-refractivity contribution is 6.29. The average Bonchev–Trinajstić information content (AvgIpc) is 2.23. The van der Waals surface area contributed by atoms with Crippen LogP contribution in [0.15, 0.2) is 30.5 Å². The summed E-state index contributed by atoms with van der Waals surface area (Å²) in [6, 6.07) is 6.35. The summed E-state index contributed by atoms with van der Waals surface area (Å²) >= 11 is 5.76. The lowest BCUT2D eigenvalue weighted by atomic mass is 10.1. The number of halogens is 2. The van der Waals surface area contributed by atoms with E-state index in [1.54, 1.807) is 18.2 Å². The van der Waals surface area contributed by atoms with Gasteiger partial charge in [-0.05, 0) is 30.7 Å². The maximum absolute atomic E-state index is 13.4. The lowest BCUT2D eigenvalue weighted by Gasteiger charge is -2.04. The maximum atomic E-state index is 13.4. The molecule has 2 aromatic rings. The van der Waals surface area contributed by atoms with Gasteiger partial charge in [0.15, 0.2) is 5.82 Å². The van der Waals surface area contributed by atoms with Crippen LogP contribution in [-0.4, -0.2) is 9.97 Å². The summed E-state index contributed by atoms with van der Waals surface area (Å²) < 4.78 is 13.4. The monoisotopic (exact) mass is 222 g/mol. The summed E-state index contributed by atoms with van der Waals surface area (Å²) in [5, 5.41) is 0.334. The van der Waals surface area contributed by atoms with Crippen LogP contribution in [0.3, 0.4) is 0 Å². The summed E-state index contributed by atoms with van der Waals surface area (Å²) in [5.74, 6) is -0.393. The molecule has 2 aromatic heterocycles. The first-order chi connectivity index (χ1) is 7.18. The molecular formula is C11H8ClFN2. The van der Waals surface area contributed by atoms with Gasteiger partial charge in [-0.2, -0.15) is 0 Å². The number of rotatable bonds is 1. The Balaban J connectivity index is 2.64. The molecule has 0 atom stereocenters. The van der Waals surface area contributed by atoms with Crippen molar-refractivity contribution in [2.45, 2.75) is 6.92 Å². The van der Waals surface area contributed by atoms with Gasteiger partial charge in [0.05, 0.1) is 5.69 Å². The van der Waals surface area contributed by atoms with Crippen molar-refractivity contribution in [2.24, 2.45) is 0 Å². The SMILES string of the molecule is Cc1ccc(Cl)nc1-c1ncccc1F. The number of aryl methyl sites for hydroxylation is 1. The Labute approximate surface area is 91.8 Å². The van der Waals surface area contributed by atoms with Crippen LogP contribution in [-0.2, 0) is 0 Å². The first-order valence-corrected chi connectivity index (χ1v) is 4.80. The summed E-state index contributed by atoms with van der Waals surface area (Å²) in [7, 11) is 0. The van der Waals surface area contributed by atoms with Crippen LogP contribution in [0.2, 0.25) is 5.15 Å². The lowest BCUT2D eigenvalue weighted by molar-refractivity contribution is 0.625. The van der Waals surface area contributed by atoms with Crippen LogP contribution in [0.5, 0.6) is 0 Å². The Hall–Kier alpha value is -1.48. The first-order valence-electron chi connectivity index (χ1n) is 4.42. The highest BCUT2D eigenvalue weighted by Gasteiger charge is 2.10. The number of pyridine rings is 2. The molecule has 2 rings (SSSR count). The van der Waals surface area contributed by atoms with Gasteiger partial charge in [-0.3, -0.25) is 4.98 Å². The molecule has 0 fully saturated rings. The van der Waals surface area contributed by atoms with Gasteiger partial charge in [0, 0.05) is 6.20 Å². The topological polar surface area (TPSA) is 25.8 Å². The molecule has 2 nitrogen and oxygen atoms in total. The Morgan fingerprint density at radius 3 is 2.73 bits per heavy atom. The first kappa shape index (κ1) is 10.1. The van der Waals surface area contributed by atoms with Gasteiger partial charge >= 0.3 is 0 Å². The quantitative estimate of drug-likeness (QED) is 0.693. The van der Waals surface area contributed by atoms with Gasteiger partial charge < -0.3 is 0 Å². The van der Waals surface area contributed by atoms with Crippen molar-refractivity contribution >= 4 is 11.6 Å². The molecule has 0 radical (unpaired) electrons. The largest absolute Gasteiger partial charge is 0.252 e. The molecule has 0 aliphatic heterocycles. The minimum Gasteiger partial charge on any atom is -0.252 e. The number of hydrogen-bond donors (Lipinski definition) is 0. The molecule has 0 spiro atoms. The zero-order valence-corrected chi connectivity index (χ0v) is 8.79. The smallest absolute Gasteiger partial charge is 0.151 e. The minimum absolute atomic E-state index is 0.234. The third-order valence-electron chi connectivity index (χ3n) is 2.05. The molecule has 0 saturated carbocycles. The molecule has 0 aliphatic carbocycles. The van der Waals surface area contributed by atoms with Crippen LogP contribution in [0.4, 0.5) is 4.39 Å². The van der Waals surface area contributed by atoms with Gasteiger partial charge in [0.25, 0.3) is 0 Å². The minimum atomic E-state index is -0.393. The van der Waals surface area contributed by atoms with E-state index in [9.17, 15) is 4.39 Å². The van der Waals surface area contributed by atoms with Crippen LogP contribution in [0.25, 0.3) is 11.4 Å². The van der Waals surface area contributed by atoms with Crippen LogP contribution in [0, 0.1) is 12.7 Å². The fourth-order valence-electron chi connectivity index (χ4n) is 1.30. The fraction of sp³-hybridized carbons (Fsp3) is 0.0909. The van der Waals surface area contributed by atoms with Crippen LogP contribution in [0.1, 0.15) is 5.56 Å². The molecular weight excluding hydrogens is 215 g/mol. The molecule has 15 heavy (non-hydrogen) atoms. The second-order valence-corrected chi connectivity index (χ2v) is 3.52. The summed E-state index contributed by atoms with van der Waals surface area (Å²) in [6.45, 7) is 1.84. The number of nitrogens with zero attached hydrogens (tertiary/aromatic N) is 2. The van der Waals surface area contributed by atoms with E-state index in [-0.39, 0.29) is 5.69 Å². The molecule has 4 heteroatoms. The lowest BCUT2D eigenvalue weighted by Crippen LogP contribution is -1.94. The molecule has 0 aliphatic rings. The van der Waals surface area contributed by atoms with E-state index in [1.165, 1.54) is 12.3 Å². The second kappa shape index (κ2) is 3.95. The van der Waals surface area contributed by atoms with Gasteiger partial charge in [0.2, 0.25) is 0 Å². The number of aromatic nitrogens is 2. The molecule has 0 aromatic carbocycles. The standard InChI is InChI=1S/C11H8ClFN2/c1-7-4-5-9(12)15-10(7)11-8(13)3-2-6-14-11/h2-6H,1H3. The molecule has 0 bridgehead atoms. The second-order valence-electron chi connectivity index (χ2n) is 3.13. The summed E-state index contributed by atoms with van der Waals surface area (Å²) in [5.41, 5.74) is 1.56. The highest BCUT2D eigenvalue weighted by Crippen LogP contribution is 2.23. The van der Waals surface area contributed by atoms with Crippen molar-refractivity contribution in [3.63, 3.8) is 0 Å². The van der Waals surface area contributed by atoms with Crippen LogP contribution < -0.4 is 0 Å². The molecule has 0 saturated heterocycles. The predicted molar refractivity (Wildman–Crippen MR) is 57.2 cm³/mol. The maximum Gasteiger partial charge on any atom is 0.151 e. The third kappa shape index (κ3) is 1.97. The zero-order chi connectivity index (χ0) is 10.8. The molecule has 0 unspecified atom stereocenters. The Kier molecular flexibility index (Phi) is 2.64. The van der Waals surface area contributed by atoms with Gasteiger partial charge in [0.1, 0.15) is 10.8 Å². The Morgan fingerprint density at radius 2 is 2.00 bits per heavy atom. The van der Waals surface area contributed by atoms with Crippen molar-refractivity contribution in [1.29, 1.82) is 0 Å². The third-order valence-corrected chi connectivity index (χ3v) is 2.26. The van der Waals surface area contributed by atoms with Gasteiger partial charge in [-0.1, -0.05) is 17.7 Å². The van der Waals surface area contributed by atoms with E-state index in [4.69, 9.17) is 11.6 Å². The molecule has 76 valence electrons. The fourth-order valence-corrected chi connectivity index (χ4v) is 1.45. The van der Waals surface area contributed by atoms with E-state index < -0.39 is 5.82 Å². The highest BCUT2D eigenvalue weighted by atomic mass is 35.5. The molecule has 2 heterocycles. The van der Waals surface area contributed by atoms with Crippen molar-refractivity contribution in [2.75, 3.05) is 0 Å². The summed E-state index contributed by atoms with van der Waals surface area (Å²) in [6.07, 6.45) is 1.53. The van der Waals surface area contributed by atoms with E-state index in [0.29, 0.717) is 10.8 Å². The van der Waals surface area contributed by atoms with Crippen LogP contribution >= 0.6 is 11.6 Å². The Bertz CT molecular complexity index is 500. The van der Waals surface area contributed by atoms with E-state index in [0.717, 1.165) is 5.56 Å². The average molecular weight is 223 g/mol. The van der Waals surface area contributed by atoms with Crippen molar-refractivity contribution in [1.82, 2.24) is 9.97 Å². The Morgan fingerprint density at radius 1 is 1.20 bits per heavy atom. The normalized spacial score (nSPS) is 10.3. The van der Waals surface area contributed by atoms with Crippen molar-refractivity contribution < 1.29 is 4.39 Å².